The van der Waals surface area contributed by atoms with E-state index in [4.69, 9.17) is 23.7 Å². The van der Waals surface area contributed by atoms with E-state index in [1.54, 1.807) is 19.6 Å². The summed E-state index contributed by atoms with van der Waals surface area (Å²) in [4.78, 5) is 199. The van der Waals surface area contributed by atoms with E-state index >= 15 is 0 Å². The van der Waals surface area contributed by atoms with Crippen molar-refractivity contribution in [2.24, 2.45) is 0 Å². The van der Waals surface area contributed by atoms with Crippen molar-refractivity contribution in [3.05, 3.63) is 75.8 Å². The minimum absolute atomic E-state index is 0.178. The van der Waals surface area contributed by atoms with Crippen LogP contribution >= 0.6 is 0 Å². The highest BCUT2D eigenvalue weighted by atomic mass is 16.5. The number of para-hydroxylation sites is 1. The van der Waals surface area contributed by atoms with E-state index in [2.05, 4.69) is 53.6 Å². The van der Waals surface area contributed by atoms with Crippen LogP contribution in [0.3, 0.4) is 0 Å². The van der Waals surface area contributed by atoms with Gasteiger partial charge in [0.2, 0.25) is 23.6 Å². The third-order valence-electron chi connectivity index (χ3n) is 17.9. The van der Waals surface area contributed by atoms with Crippen LogP contribution in [-0.4, -0.2) is 227 Å². The van der Waals surface area contributed by atoms with Gasteiger partial charge in [0.15, 0.2) is 26.4 Å². The summed E-state index contributed by atoms with van der Waals surface area (Å²) in [6.45, 7) is 19.6. The molecule has 0 aliphatic heterocycles. The number of hydrazine groups is 2. The van der Waals surface area contributed by atoms with Gasteiger partial charge in [-0.25, -0.2) is 0 Å². The molecule has 14 amide bonds. The van der Waals surface area contributed by atoms with Crippen molar-refractivity contribution in [3.8, 4) is 28.7 Å². The molecule has 0 unspecified atom stereocenters. The van der Waals surface area contributed by atoms with Crippen molar-refractivity contribution >= 4 is 82.7 Å². The first-order chi connectivity index (χ1) is 54.9. The van der Waals surface area contributed by atoms with Crippen LogP contribution in [-0.2, 0) is 38.4 Å². The summed E-state index contributed by atoms with van der Waals surface area (Å²) in [5.41, 5.74) is 6.81. The molecule has 0 aliphatic carbocycles. The van der Waals surface area contributed by atoms with Crippen LogP contribution in [0.2, 0.25) is 0 Å². The first kappa shape index (κ1) is 97.4. The third kappa shape index (κ3) is 35.5. The Bertz CT molecular complexity index is 3360. The topological polar surface area (TPSA) is 418 Å². The SMILES string of the molecule is CCCCNC(=O)c1cc(C(=O)NNC(=O)c2cccc(C(=O)NNC(=O)c3cc(C(=O)NCCCC)c(OCC(=O)NCC(=O)N(CCCC)CCCC)cc3OCC(=O)NCC(=O)N(CCCC)CCCC)c2OC)c(OCC(=O)NCC(=O)N(CCCC)CCCC)cc1OCC(=O)NCC(=O)N(CCCC)CCCC. The predicted octanol–water partition coefficient (Wildman–Crippen LogP) is 6.60. The summed E-state index contributed by atoms with van der Waals surface area (Å²) in [5.74, 6) is -12.1. The van der Waals surface area contributed by atoms with E-state index in [0.717, 1.165) is 134 Å². The van der Waals surface area contributed by atoms with Gasteiger partial charge in [0.25, 0.3) is 59.1 Å². The van der Waals surface area contributed by atoms with Crippen LogP contribution in [0.4, 0.5) is 0 Å². The van der Waals surface area contributed by atoms with E-state index in [0.29, 0.717) is 78.0 Å². The minimum Gasteiger partial charge on any atom is -0.495 e. The van der Waals surface area contributed by atoms with Gasteiger partial charge >= 0.3 is 0 Å². The second-order valence-electron chi connectivity index (χ2n) is 27.2. The quantitative estimate of drug-likeness (QED) is 0.0210. The zero-order chi connectivity index (χ0) is 84.2. The van der Waals surface area contributed by atoms with Crippen molar-refractivity contribution < 1.29 is 90.8 Å². The molecule has 0 saturated heterocycles. The molecule has 3 aromatic rings. The van der Waals surface area contributed by atoms with Crippen molar-refractivity contribution in [1.29, 1.82) is 0 Å². The number of hydrogen-bond donors (Lipinski definition) is 10. The molecule has 114 heavy (non-hydrogen) atoms. The maximum Gasteiger partial charge on any atom is 0.273 e. The maximum atomic E-state index is 14.5. The Hall–Kier alpha value is -10.8. The van der Waals surface area contributed by atoms with Crippen LogP contribution in [0.5, 0.6) is 28.7 Å². The Balaban J connectivity index is 2.09. The van der Waals surface area contributed by atoms with E-state index in [1.807, 2.05) is 69.2 Å². The normalized spacial score (nSPS) is 10.7. The summed E-state index contributed by atoms with van der Waals surface area (Å²) < 4.78 is 29.3. The molecule has 3 aromatic carbocycles. The molecular weight excluding hydrogens is 1470 g/mol. The molecule has 0 aromatic heterocycles. The summed E-state index contributed by atoms with van der Waals surface area (Å²) >= 11 is 0. The van der Waals surface area contributed by atoms with E-state index in [9.17, 15) is 67.1 Å². The van der Waals surface area contributed by atoms with Crippen LogP contribution < -0.4 is 77.3 Å². The number of carbonyl (C=O) groups is 14. The summed E-state index contributed by atoms with van der Waals surface area (Å²) in [5, 5.41) is 15.7. The smallest absolute Gasteiger partial charge is 0.273 e. The van der Waals surface area contributed by atoms with Crippen LogP contribution in [0, 0.1) is 0 Å². The van der Waals surface area contributed by atoms with Crippen LogP contribution in [0.25, 0.3) is 0 Å². The van der Waals surface area contributed by atoms with Crippen molar-refractivity contribution in [2.45, 2.75) is 198 Å². The highest BCUT2D eigenvalue weighted by Gasteiger charge is 2.29. The number of nitrogens with zero attached hydrogens (tertiary/aromatic N) is 4. The predicted molar refractivity (Wildman–Crippen MR) is 430 cm³/mol. The van der Waals surface area contributed by atoms with E-state index in [1.165, 1.54) is 18.2 Å². The number of amides is 14. The minimum atomic E-state index is -1.14. The third-order valence-corrected chi connectivity index (χ3v) is 17.9. The fourth-order valence-corrected chi connectivity index (χ4v) is 11.0. The van der Waals surface area contributed by atoms with Gasteiger partial charge in [-0.15, -0.1) is 0 Å². The number of hydrogen-bond acceptors (Lipinski definition) is 19. The zero-order valence-corrected chi connectivity index (χ0v) is 69.0. The number of nitrogens with one attached hydrogen (secondary N) is 10. The number of benzene rings is 3. The lowest BCUT2D eigenvalue weighted by Crippen LogP contribution is -2.43. The number of rotatable bonds is 57. The molecule has 0 radical (unpaired) electrons. The Morgan fingerprint density at radius 3 is 0.719 bits per heavy atom. The first-order valence-electron chi connectivity index (χ1n) is 40.4. The molecule has 10 N–H and O–H groups in total. The molecule has 0 aliphatic rings. The van der Waals surface area contributed by atoms with Gasteiger partial charge in [-0.2, -0.15) is 0 Å². The monoisotopic (exact) mass is 1600 g/mol. The second kappa shape index (κ2) is 56.5. The number of unbranched alkanes of at least 4 members (excludes halogenated alkanes) is 10. The van der Waals surface area contributed by atoms with E-state index in [-0.39, 0.29) is 96.7 Å². The standard InChI is InChI=1S/C81H126N14O19/c1-12-22-35-82-76(104)59-45-61(65(113-55-69(98)86-51-73(102)94(41-28-18-7)42-29-19-8)47-63(59)111-53-67(96)84-49-71(100)92(37-24-14-3)38-25-15-4)80(108)90-88-78(106)57-33-32-34-58(75(57)110-11)79(107)89-91-81(109)62-46-60(77(105)83-36-23-13-2)64(112-54-68(97)85-50-72(101)93(39-26-16-5)40-27-17-6)48-66(62)114-56-70(99)87-52-74(103)95(43-30-20-9)44-31-21-10/h32-34,45-48H,12-31,35-44,49-56H2,1-11H3,(H,82,104)(H,83,105)(H,84,96)(H,85,97)(H,86,98)(H,87,99)(H,88,106)(H,89,107)(H,90,108)(H,91,109). The van der Waals surface area contributed by atoms with Gasteiger partial charge < -0.3 is 75.2 Å². The second-order valence-corrected chi connectivity index (χ2v) is 27.2. The highest BCUT2D eigenvalue weighted by Crippen LogP contribution is 2.32. The molecule has 634 valence electrons. The largest absolute Gasteiger partial charge is 0.495 e. The molecule has 0 spiro atoms. The van der Waals surface area contributed by atoms with Gasteiger partial charge in [-0.3, -0.25) is 88.8 Å². The van der Waals surface area contributed by atoms with Gasteiger partial charge in [0, 0.05) is 77.6 Å². The first-order valence-corrected chi connectivity index (χ1v) is 40.4. The summed E-state index contributed by atoms with van der Waals surface area (Å²) in [7, 11) is 1.13. The highest BCUT2D eigenvalue weighted by molar-refractivity contribution is 6.08. The lowest BCUT2D eigenvalue weighted by molar-refractivity contribution is -0.133. The van der Waals surface area contributed by atoms with Crippen molar-refractivity contribution in [1.82, 2.24) is 73.2 Å². The lowest BCUT2D eigenvalue weighted by atomic mass is 10.1. The molecule has 0 bridgehead atoms. The number of ether oxygens (including phenoxy) is 5. The van der Waals surface area contributed by atoms with Gasteiger partial charge in [0.05, 0.1) is 66.7 Å². The maximum absolute atomic E-state index is 14.5. The molecule has 0 heterocycles. The Kier molecular flexibility index (Phi) is 48.3. The Morgan fingerprint density at radius 1 is 0.281 bits per heavy atom. The number of carbonyl (C=O) groups excluding carboxylic acids is 14. The van der Waals surface area contributed by atoms with Gasteiger partial charge in [-0.05, 0) is 88.5 Å². The molecule has 0 saturated carbocycles. The lowest BCUT2D eigenvalue weighted by Gasteiger charge is -2.23. The van der Waals surface area contributed by atoms with Crippen molar-refractivity contribution in [3.63, 3.8) is 0 Å². The molecular formula is C81H126N14O19. The summed E-state index contributed by atoms with van der Waals surface area (Å²) in [6, 6.07) is 8.03. The summed E-state index contributed by atoms with van der Waals surface area (Å²) in [6.07, 6.45) is 15.3. The molecule has 0 fully saturated rings. The van der Waals surface area contributed by atoms with Gasteiger partial charge in [0.1, 0.15) is 28.7 Å². The molecule has 33 nitrogen and oxygen atoms in total. The van der Waals surface area contributed by atoms with Gasteiger partial charge in [-0.1, -0.05) is 140 Å². The van der Waals surface area contributed by atoms with Crippen LogP contribution in [0.15, 0.2) is 42.5 Å². The zero-order valence-electron chi connectivity index (χ0n) is 69.0. The average Bonchev–Trinajstić information content (AvgIpc) is 0.807. The average molecular weight is 1600 g/mol. The molecule has 0 atom stereocenters. The number of methoxy groups -OCH3 is 1. The van der Waals surface area contributed by atoms with Crippen molar-refractivity contribution in [2.75, 3.05) is 125 Å². The fourth-order valence-electron chi connectivity index (χ4n) is 11.0. The Morgan fingerprint density at radius 2 is 0.500 bits per heavy atom. The molecule has 3 rings (SSSR count). The van der Waals surface area contributed by atoms with Crippen LogP contribution in [0.1, 0.15) is 260 Å². The van der Waals surface area contributed by atoms with E-state index < -0.39 is 114 Å². The Labute approximate surface area is 671 Å². The fraction of sp³-hybridized carbons (Fsp3) is 0.605. The molecule has 33 heteroatoms.